The average Bonchev–Trinajstić information content (AvgIpc) is 1.88. The van der Waals surface area contributed by atoms with Crippen molar-refractivity contribution in [2.24, 2.45) is 0 Å². The van der Waals surface area contributed by atoms with Gasteiger partial charge in [0, 0.05) is 33.0 Å². The quantitative estimate of drug-likeness (QED) is 0.480. The Morgan fingerprint density at radius 2 is 1.90 bits per heavy atom. The molecule has 1 aliphatic rings. The highest BCUT2D eigenvalue weighted by molar-refractivity contribution is 4.67. The van der Waals surface area contributed by atoms with Crippen molar-refractivity contribution >= 4 is 0 Å². The lowest BCUT2D eigenvalue weighted by Crippen LogP contribution is -3.08. The molecule has 1 unspecified atom stereocenters. The number of quaternary nitrogens is 1. The number of nitrogens with zero attached hydrogens (tertiary/aromatic N) is 1. The topological polar surface area (TPSA) is 7.68 Å². The summed E-state index contributed by atoms with van der Waals surface area (Å²) in [5.74, 6) is 0. The minimum absolute atomic E-state index is 0.802. The van der Waals surface area contributed by atoms with E-state index in [4.69, 9.17) is 0 Å². The lowest BCUT2D eigenvalue weighted by Gasteiger charge is -2.34. The molecule has 0 aromatic heterocycles. The molecule has 2 nitrogen and oxygen atoms in total. The van der Waals surface area contributed by atoms with Gasteiger partial charge in [0.1, 0.15) is 0 Å². The summed E-state index contributed by atoms with van der Waals surface area (Å²) >= 11 is 0. The van der Waals surface area contributed by atoms with Crippen LogP contribution < -0.4 is 4.90 Å². The number of hydrogen-bond donors (Lipinski definition) is 1. The van der Waals surface area contributed by atoms with Crippen molar-refractivity contribution in [3.63, 3.8) is 0 Å². The first kappa shape index (κ1) is 8.02. The van der Waals surface area contributed by atoms with Gasteiger partial charge in [0.25, 0.3) is 0 Å². The van der Waals surface area contributed by atoms with E-state index in [1.807, 2.05) is 0 Å². The van der Waals surface area contributed by atoms with Gasteiger partial charge in [0.2, 0.25) is 0 Å². The van der Waals surface area contributed by atoms with Gasteiger partial charge in [0.05, 0.1) is 6.04 Å². The van der Waals surface area contributed by atoms with Crippen molar-refractivity contribution in [1.29, 1.82) is 0 Å². The van der Waals surface area contributed by atoms with Gasteiger partial charge in [-0.1, -0.05) is 0 Å². The van der Waals surface area contributed by atoms with E-state index in [2.05, 4.69) is 26.0 Å². The van der Waals surface area contributed by atoms with Crippen LogP contribution in [0.3, 0.4) is 0 Å². The molecule has 1 rings (SSSR count). The summed E-state index contributed by atoms with van der Waals surface area (Å²) in [6, 6.07) is 0.802. The molecule has 0 amide bonds. The smallest absolute Gasteiger partial charge is 0.0657 e. The second-order valence-corrected chi connectivity index (χ2v) is 3.42. The molecule has 0 bridgehead atoms. The van der Waals surface area contributed by atoms with Gasteiger partial charge in [-0.2, -0.15) is 7.05 Å². The van der Waals surface area contributed by atoms with Crippen molar-refractivity contribution in [1.82, 2.24) is 4.90 Å². The fourth-order valence-corrected chi connectivity index (χ4v) is 1.50. The second-order valence-electron chi connectivity index (χ2n) is 3.42. The summed E-state index contributed by atoms with van der Waals surface area (Å²) in [5.41, 5.74) is 0. The Kier molecular flexibility index (Phi) is 2.69. The first-order chi connectivity index (χ1) is 4.70. The largest absolute Gasteiger partial charge is 0.468 e. The van der Waals surface area contributed by atoms with E-state index in [0.717, 1.165) is 6.04 Å². The maximum absolute atomic E-state index is 3.99. The summed E-state index contributed by atoms with van der Waals surface area (Å²) in [4.78, 5) is 3.76. The molecule has 1 aliphatic heterocycles. The number of piperidine rings is 1. The fourth-order valence-electron chi connectivity index (χ4n) is 1.50. The molecule has 2 heteroatoms. The normalized spacial score (nSPS) is 26.7. The predicted octanol–water partition coefficient (Wildman–Crippen LogP) is -0.613. The maximum atomic E-state index is 3.99. The molecule has 0 aliphatic carbocycles. The zero-order valence-electron chi connectivity index (χ0n) is 7.06. The van der Waals surface area contributed by atoms with Crippen LogP contribution in [-0.2, 0) is 0 Å². The molecule has 0 radical (unpaired) electrons. The van der Waals surface area contributed by atoms with Crippen molar-refractivity contribution < 1.29 is 4.90 Å². The molecule has 1 saturated heterocycles. The van der Waals surface area contributed by atoms with E-state index in [0.29, 0.717) is 0 Å². The van der Waals surface area contributed by atoms with Crippen LogP contribution in [0, 0.1) is 7.05 Å². The van der Waals surface area contributed by atoms with Crippen LogP contribution in [0.25, 0.3) is 0 Å². The average molecular weight is 142 g/mol. The first-order valence-corrected chi connectivity index (χ1v) is 4.04. The highest BCUT2D eigenvalue weighted by Gasteiger charge is 2.18. The third kappa shape index (κ3) is 1.96. The molecule has 1 atom stereocenters. The van der Waals surface area contributed by atoms with Gasteiger partial charge in [0.15, 0.2) is 0 Å². The standard InChI is InChI=1S/C8H18N2/c1-9(2)8-4-6-10(3)7-5-8/h8-9H,1,4-7H2,2-3H3. The molecule has 0 aromatic carbocycles. The maximum Gasteiger partial charge on any atom is 0.0657 e. The van der Waals surface area contributed by atoms with Gasteiger partial charge >= 0.3 is 0 Å². The third-order valence-electron chi connectivity index (χ3n) is 2.42. The van der Waals surface area contributed by atoms with Crippen LogP contribution in [0.2, 0.25) is 0 Å². The zero-order chi connectivity index (χ0) is 7.56. The summed E-state index contributed by atoms with van der Waals surface area (Å²) in [6.45, 7) is 2.50. The van der Waals surface area contributed by atoms with Crippen molar-refractivity contribution in [2.45, 2.75) is 18.9 Å². The SMILES string of the molecule is [CH2-][NH+](C)C1CCN(C)CC1. The highest BCUT2D eigenvalue weighted by atomic mass is 15.2. The van der Waals surface area contributed by atoms with Crippen molar-refractivity contribution in [3.8, 4) is 0 Å². The lowest BCUT2D eigenvalue weighted by molar-refractivity contribution is -0.861. The van der Waals surface area contributed by atoms with Crippen LogP contribution in [-0.4, -0.2) is 38.1 Å². The van der Waals surface area contributed by atoms with E-state index in [9.17, 15) is 0 Å². The Morgan fingerprint density at radius 3 is 2.30 bits per heavy atom. The van der Waals surface area contributed by atoms with Crippen LogP contribution in [0.15, 0.2) is 0 Å². The summed E-state index contributed by atoms with van der Waals surface area (Å²) in [5, 5.41) is 0. The van der Waals surface area contributed by atoms with E-state index in [1.54, 1.807) is 0 Å². The summed E-state index contributed by atoms with van der Waals surface area (Å²) in [7, 11) is 8.32. The Morgan fingerprint density at radius 1 is 1.40 bits per heavy atom. The van der Waals surface area contributed by atoms with Crippen LogP contribution in [0.4, 0.5) is 0 Å². The number of nitrogens with one attached hydrogen (secondary N) is 1. The van der Waals surface area contributed by atoms with E-state index in [-0.39, 0.29) is 0 Å². The molecule has 1 fully saturated rings. The predicted molar refractivity (Wildman–Crippen MR) is 42.8 cm³/mol. The van der Waals surface area contributed by atoms with Crippen LogP contribution >= 0.6 is 0 Å². The van der Waals surface area contributed by atoms with Gasteiger partial charge in [-0.05, 0) is 7.05 Å². The summed E-state index contributed by atoms with van der Waals surface area (Å²) in [6.07, 6.45) is 2.62. The Hall–Kier alpha value is -0.0800. The molecule has 0 spiro atoms. The highest BCUT2D eigenvalue weighted by Crippen LogP contribution is 2.04. The Labute approximate surface area is 63.8 Å². The molecular weight excluding hydrogens is 124 g/mol. The molecule has 1 heterocycles. The second kappa shape index (κ2) is 3.35. The first-order valence-electron chi connectivity index (χ1n) is 4.04. The fraction of sp³-hybridized carbons (Fsp3) is 0.875. The Bertz CT molecular complexity index is 93.4. The minimum atomic E-state index is 0.802. The number of rotatable bonds is 1. The third-order valence-corrected chi connectivity index (χ3v) is 2.42. The zero-order valence-corrected chi connectivity index (χ0v) is 7.06. The van der Waals surface area contributed by atoms with E-state index >= 15 is 0 Å². The minimum Gasteiger partial charge on any atom is -0.468 e. The van der Waals surface area contributed by atoms with Crippen LogP contribution in [0.1, 0.15) is 12.8 Å². The van der Waals surface area contributed by atoms with E-state index in [1.165, 1.54) is 30.8 Å². The molecular formula is C8H18N2. The van der Waals surface area contributed by atoms with Gasteiger partial charge < -0.3 is 9.80 Å². The molecule has 10 heavy (non-hydrogen) atoms. The number of likely N-dealkylation sites (tertiary alicyclic amines) is 1. The monoisotopic (exact) mass is 142 g/mol. The molecule has 1 N–H and O–H groups in total. The lowest BCUT2D eigenvalue weighted by atomic mass is 10.1. The van der Waals surface area contributed by atoms with Crippen molar-refractivity contribution in [3.05, 3.63) is 7.05 Å². The van der Waals surface area contributed by atoms with Crippen molar-refractivity contribution in [2.75, 3.05) is 27.2 Å². The van der Waals surface area contributed by atoms with E-state index < -0.39 is 0 Å². The summed E-state index contributed by atoms with van der Waals surface area (Å²) < 4.78 is 0. The van der Waals surface area contributed by atoms with Crippen LogP contribution in [0.5, 0.6) is 0 Å². The number of hydrogen-bond acceptors (Lipinski definition) is 1. The Balaban J connectivity index is 2.26. The van der Waals surface area contributed by atoms with Gasteiger partial charge in [-0.25, -0.2) is 0 Å². The van der Waals surface area contributed by atoms with Gasteiger partial charge in [-0.15, -0.1) is 0 Å². The molecule has 0 saturated carbocycles. The molecule has 0 aromatic rings. The molecule has 60 valence electrons. The van der Waals surface area contributed by atoms with Gasteiger partial charge in [-0.3, -0.25) is 0 Å².